The molecule has 0 bridgehead atoms. The molecule has 0 saturated carbocycles. The number of benzene rings is 2. The third kappa shape index (κ3) is 4.42. The number of esters is 1. The van der Waals surface area contributed by atoms with Gasteiger partial charge in [-0.1, -0.05) is 30.3 Å². The molecule has 0 atom stereocenters. The Bertz CT molecular complexity index is 1240. The fourth-order valence-electron chi connectivity index (χ4n) is 4.00. The number of rotatable bonds is 6. The predicted molar refractivity (Wildman–Crippen MR) is 114 cm³/mol. The molecule has 8 nitrogen and oxygen atoms in total. The molecule has 3 aromatic rings. The number of carbonyl (C=O) groups is 1. The number of sulfonamides is 1. The average Bonchev–Trinajstić information content (AvgIpc) is 3.09. The van der Waals surface area contributed by atoms with Crippen LogP contribution in [0.3, 0.4) is 0 Å². The van der Waals surface area contributed by atoms with E-state index in [2.05, 4.69) is 16.9 Å². The lowest BCUT2D eigenvalue weighted by molar-refractivity contribution is -0.141. The first kappa shape index (κ1) is 21.3. The molecular weight excluding hydrogens is 420 g/mol. The second-order valence-electron chi connectivity index (χ2n) is 7.70. The van der Waals surface area contributed by atoms with Crippen LogP contribution >= 0.6 is 0 Å². The van der Waals surface area contributed by atoms with Gasteiger partial charge in [0, 0.05) is 19.2 Å². The first-order valence-electron chi connectivity index (χ1n) is 10.1. The zero-order chi connectivity index (χ0) is 22.0. The van der Waals surface area contributed by atoms with Gasteiger partial charge in [-0.25, -0.2) is 13.2 Å². The number of nitrogens with zero attached hydrogens (tertiary/aromatic N) is 2. The molecule has 1 aliphatic heterocycles. The molecule has 9 heteroatoms. The molecule has 1 saturated heterocycles. The highest BCUT2D eigenvalue weighted by molar-refractivity contribution is 7.89. The Kier molecular flexibility index (Phi) is 5.97. The van der Waals surface area contributed by atoms with Crippen molar-refractivity contribution in [3.8, 4) is 0 Å². The molecule has 0 amide bonds. The van der Waals surface area contributed by atoms with Crippen molar-refractivity contribution < 1.29 is 22.4 Å². The van der Waals surface area contributed by atoms with E-state index in [0.29, 0.717) is 24.5 Å². The summed E-state index contributed by atoms with van der Waals surface area (Å²) in [5.41, 5.74) is 1.73. The van der Waals surface area contributed by atoms with Crippen LogP contribution in [0.5, 0.6) is 0 Å². The van der Waals surface area contributed by atoms with Gasteiger partial charge in [-0.15, -0.1) is 0 Å². The van der Waals surface area contributed by atoms with Crippen molar-refractivity contribution in [3.63, 3.8) is 0 Å². The minimum Gasteiger partial charge on any atom is -0.468 e. The average molecular weight is 445 g/mol. The normalized spacial score (nSPS) is 15.9. The largest absolute Gasteiger partial charge is 0.468 e. The van der Waals surface area contributed by atoms with Crippen molar-refractivity contribution in [1.29, 1.82) is 0 Å². The Hall–Kier alpha value is -2.91. The van der Waals surface area contributed by atoms with Crippen molar-refractivity contribution in [2.24, 2.45) is 5.92 Å². The van der Waals surface area contributed by atoms with Crippen molar-refractivity contribution >= 4 is 27.1 Å². The summed E-state index contributed by atoms with van der Waals surface area (Å²) >= 11 is 0. The highest BCUT2D eigenvalue weighted by Gasteiger charge is 2.30. The molecule has 1 fully saturated rings. The molecule has 164 valence electrons. The molecule has 0 radical (unpaired) electrons. The molecule has 0 N–H and O–H groups in total. The molecule has 1 aromatic heterocycles. The van der Waals surface area contributed by atoms with Crippen LogP contribution in [0.1, 0.15) is 18.4 Å². The minimum atomic E-state index is -3.71. The third-order valence-corrected chi connectivity index (χ3v) is 7.63. The van der Waals surface area contributed by atoms with Crippen LogP contribution in [-0.4, -0.2) is 43.5 Å². The van der Waals surface area contributed by atoms with Gasteiger partial charge in [-0.05, 0) is 42.9 Å². The highest BCUT2D eigenvalue weighted by Crippen LogP contribution is 2.27. The monoisotopic (exact) mass is 444 g/mol. The van der Waals surface area contributed by atoms with E-state index in [9.17, 15) is 18.0 Å². The number of fused-ring (bicyclic) bond motifs is 1. The number of methoxy groups -OCH3 is 1. The Morgan fingerprint density at radius 2 is 1.84 bits per heavy atom. The van der Waals surface area contributed by atoms with Crippen LogP contribution in [0.4, 0.5) is 0 Å². The van der Waals surface area contributed by atoms with Crippen LogP contribution in [0.2, 0.25) is 0 Å². The molecule has 1 aliphatic rings. The van der Waals surface area contributed by atoms with E-state index >= 15 is 0 Å². The first-order valence-corrected chi connectivity index (χ1v) is 11.6. The summed E-state index contributed by atoms with van der Waals surface area (Å²) in [5.74, 6) is -0.891. The summed E-state index contributed by atoms with van der Waals surface area (Å²) in [4.78, 5) is 23.7. The number of oxazole rings is 1. The lowest BCUT2D eigenvalue weighted by Crippen LogP contribution is -2.38. The Balaban J connectivity index is 1.50. The number of piperidine rings is 1. The Labute approximate surface area is 180 Å². The number of hydrogen-bond acceptors (Lipinski definition) is 6. The van der Waals surface area contributed by atoms with E-state index in [-0.39, 0.29) is 17.0 Å². The second kappa shape index (κ2) is 8.68. The van der Waals surface area contributed by atoms with E-state index in [1.807, 2.05) is 18.2 Å². The van der Waals surface area contributed by atoms with Crippen molar-refractivity contribution in [3.05, 3.63) is 64.6 Å². The molecule has 0 aliphatic carbocycles. The van der Waals surface area contributed by atoms with Gasteiger partial charge in [0.2, 0.25) is 10.0 Å². The predicted octanol–water partition coefficient (Wildman–Crippen LogP) is 2.41. The van der Waals surface area contributed by atoms with E-state index < -0.39 is 21.7 Å². The summed E-state index contributed by atoms with van der Waals surface area (Å²) in [6.45, 7) is 0.597. The van der Waals surface area contributed by atoms with Crippen LogP contribution in [-0.2, 0) is 32.5 Å². The van der Waals surface area contributed by atoms with Gasteiger partial charge in [0.15, 0.2) is 5.58 Å². The minimum absolute atomic E-state index is 0.0699. The number of hydrogen-bond donors (Lipinski definition) is 0. The summed E-state index contributed by atoms with van der Waals surface area (Å²) in [6, 6.07) is 14.5. The number of aromatic nitrogens is 1. The molecule has 0 unspecified atom stereocenters. The van der Waals surface area contributed by atoms with Crippen molar-refractivity contribution in [2.45, 2.75) is 30.7 Å². The summed E-state index contributed by atoms with van der Waals surface area (Å²) in [5, 5.41) is 0. The Morgan fingerprint density at radius 3 is 2.52 bits per heavy atom. The summed E-state index contributed by atoms with van der Waals surface area (Å²) in [6.07, 6.45) is 2.53. The van der Waals surface area contributed by atoms with E-state index in [0.717, 1.165) is 23.8 Å². The van der Waals surface area contributed by atoms with Gasteiger partial charge in [0.1, 0.15) is 6.54 Å². The smallest absolute Gasteiger partial charge is 0.420 e. The van der Waals surface area contributed by atoms with Crippen LogP contribution < -0.4 is 5.76 Å². The maximum atomic E-state index is 13.1. The lowest BCUT2D eigenvalue weighted by atomic mass is 9.91. The van der Waals surface area contributed by atoms with Crippen LogP contribution in [0.25, 0.3) is 11.1 Å². The summed E-state index contributed by atoms with van der Waals surface area (Å²) < 4.78 is 38.6. The molecule has 2 aromatic carbocycles. The molecule has 2 heterocycles. The van der Waals surface area contributed by atoms with E-state index in [1.54, 1.807) is 0 Å². The van der Waals surface area contributed by atoms with Crippen molar-refractivity contribution in [1.82, 2.24) is 8.87 Å². The standard InChI is InChI=1S/C22H24N2O6S/c1-29-21(25)15-24-19-8-7-18(14-20(19)30-22(24)26)31(27,28)23-11-9-17(10-12-23)13-16-5-3-2-4-6-16/h2-8,14,17H,9-13,15H2,1H3. The molecule has 0 spiro atoms. The highest BCUT2D eigenvalue weighted by atomic mass is 32.2. The fourth-order valence-corrected chi connectivity index (χ4v) is 5.49. The van der Waals surface area contributed by atoms with Gasteiger partial charge in [-0.2, -0.15) is 4.31 Å². The van der Waals surface area contributed by atoms with Crippen LogP contribution in [0, 0.1) is 5.92 Å². The van der Waals surface area contributed by atoms with E-state index in [1.165, 1.54) is 35.2 Å². The van der Waals surface area contributed by atoms with Gasteiger partial charge in [-0.3, -0.25) is 9.36 Å². The first-order chi connectivity index (χ1) is 14.9. The van der Waals surface area contributed by atoms with Gasteiger partial charge in [0.25, 0.3) is 0 Å². The maximum absolute atomic E-state index is 13.1. The Morgan fingerprint density at radius 1 is 1.13 bits per heavy atom. The van der Waals surface area contributed by atoms with Gasteiger partial charge >= 0.3 is 11.7 Å². The van der Waals surface area contributed by atoms with Crippen molar-refractivity contribution in [2.75, 3.05) is 20.2 Å². The van der Waals surface area contributed by atoms with Gasteiger partial charge < -0.3 is 9.15 Å². The second-order valence-corrected chi connectivity index (χ2v) is 9.63. The number of carbonyl (C=O) groups excluding carboxylic acids is 1. The topological polar surface area (TPSA) is 98.8 Å². The van der Waals surface area contributed by atoms with Crippen LogP contribution in [0.15, 0.2) is 62.6 Å². The van der Waals surface area contributed by atoms with E-state index in [4.69, 9.17) is 4.42 Å². The number of ether oxygens (including phenoxy) is 1. The SMILES string of the molecule is COC(=O)Cn1c(=O)oc2cc(S(=O)(=O)N3CCC(Cc4ccccc4)CC3)ccc21. The zero-order valence-corrected chi connectivity index (χ0v) is 18.0. The zero-order valence-electron chi connectivity index (χ0n) is 17.2. The summed E-state index contributed by atoms with van der Waals surface area (Å²) in [7, 11) is -2.49. The van der Waals surface area contributed by atoms with Gasteiger partial charge in [0.05, 0.1) is 17.5 Å². The maximum Gasteiger partial charge on any atom is 0.420 e. The quantitative estimate of drug-likeness (QED) is 0.542. The molecule has 31 heavy (non-hydrogen) atoms. The molecular formula is C22H24N2O6S. The third-order valence-electron chi connectivity index (χ3n) is 5.73. The lowest BCUT2D eigenvalue weighted by Gasteiger charge is -2.31. The molecule has 4 rings (SSSR count). The fraction of sp³-hybridized carbons (Fsp3) is 0.364.